The highest BCUT2D eigenvalue weighted by Gasteiger charge is 2.23. The average Bonchev–Trinajstić information content (AvgIpc) is 3.28. The fourth-order valence-corrected chi connectivity index (χ4v) is 4.52. The van der Waals surface area contributed by atoms with Gasteiger partial charge in [-0.2, -0.15) is 0 Å². The molecule has 1 heterocycles. The third-order valence-electron chi connectivity index (χ3n) is 5.13. The molecule has 0 saturated carbocycles. The van der Waals surface area contributed by atoms with Crippen LogP contribution < -0.4 is 19.1 Å². The summed E-state index contributed by atoms with van der Waals surface area (Å²) in [5, 5.41) is 0.602. The van der Waals surface area contributed by atoms with Gasteiger partial charge in [0.2, 0.25) is 5.91 Å². The van der Waals surface area contributed by atoms with E-state index >= 15 is 0 Å². The van der Waals surface area contributed by atoms with Crippen molar-refractivity contribution in [3.8, 4) is 17.2 Å². The minimum Gasteiger partial charge on any atom is -0.497 e. The Bertz CT molecular complexity index is 1170. The first-order chi connectivity index (χ1) is 15.6. The number of hydrogen-bond acceptors (Lipinski definition) is 6. The van der Waals surface area contributed by atoms with Crippen molar-refractivity contribution in [3.63, 3.8) is 0 Å². The normalized spacial score (nSPS) is 10.7. The summed E-state index contributed by atoms with van der Waals surface area (Å²) >= 11 is 1.42. The highest BCUT2D eigenvalue weighted by molar-refractivity contribution is 7.22. The highest BCUT2D eigenvalue weighted by atomic mass is 32.1. The number of thiazole rings is 1. The zero-order chi connectivity index (χ0) is 22.5. The van der Waals surface area contributed by atoms with Gasteiger partial charge < -0.3 is 14.2 Å². The van der Waals surface area contributed by atoms with E-state index in [4.69, 9.17) is 19.2 Å². The molecule has 0 aliphatic carbocycles. The minimum absolute atomic E-state index is 0.0454. The van der Waals surface area contributed by atoms with Crippen LogP contribution >= 0.6 is 11.3 Å². The van der Waals surface area contributed by atoms with Gasteiger partial charge in [-0.05, 0) is 35.4 Å². The van der Waals surface area contributed by atoms with Crippen molar-refractivity contribution in [3.05, 3.63) is 77.9 Å². The second-order valence-corrected chi connectivity index (χ2v) is 8.11. The number of aromatic nitrogens is 1. The standard InChI is InChI=1S/C25H24N2O4S/c1-29-19-11-9-17(10-12-19)15-22(28)27(16-18-7-5-4-6-8-18)25-26-23-20(30-2)13-14-21(31-3)24(23)32-25/h4-14H,15-16H2,1-3H3. The van der Waals surface area contributed by atoms with Crippen LogP contribution in [-0.4, -0.2) is 32.2 Å². The third-order valence-corrected chi connectivity index (χ3v) is 6.22. The molecule has 0 saturated heterocycles. The number of methoxy groups -OCH3 is 3. The number of rotatable bonds is 8. The van der Waals surface area contributed by atoms with Crippen LogP contribution in [0.5, 0.6) is 17.2 Å². The SMILES string of the molecule is COc1ccc(CC(=O)N(Cc2ccccc2)c2nc3c(OC)ccc(OC)c3s2)cc1. The molecule has 0 radical (unpaired) electrons. The Morgan fingerprint density at radius 3 is 2.19 bits per heavy atom. The molecule has 0 fully saturated rings. The summed E-state index contributed by atoms with van der Waals surface area (Å²) in [6.07, 6.45) is 0.251. The van der Waals surface area contributed by atoms with Gasteiger partial charge in [-0.3, -0.25) is 9.69 Å². The molecule has 0 N–H and O–H groups in total. The maximum atomic E-state index is 13.5. The Morgan fingerprint density at radius 1 is 0.844 bits per heavy atom. The topological polar surface area (TPSA) is 60.9 Å². The lowest BCUT2D eigenvalue weighted by Gasteiger charge is -2.20. The molecule has 6 nitrogen and oxygen atoms in total. The van der Waals surface area contributed by atoms with E-state index in [9.17, 15) is 4.79 Å². The van der Waals surface area contributed by atoms with Gasteiger partial charge in [0, 0.05) is 0 Å². The highest BCUT2D eigenvalue weighted by Crippen LogP contribution is 2.40. The summed E-state index contributed by atoms with van der Waals surface area (Å²) in [6.45, 7) is 0.417. The summed E-state index contributed by atoms with van der Waals surface area (Å²) in [6, 6.07) is 21.1. The molecule has 1 aromatic heterocycles. The number of carbonyl (C=O) groups is 1. The predicted octanol–water partition coefficient (Wildman–Crippen LogP) is 5.10. The number of nitrogens with zero attached hydrogens (tertiary/aromatic N) is 2. The summed E-state index contributed by atoms with van der Waals surface area (Å²) in [7, 11) is 4.85. The van der Waals surface area contributed by atoms with Crippen LogP contribution in [0.3, 0.4) is 0 Å². The fraction of sp³-hybridized carbons (Fsp3) is 0.200. The number of hydrogen-bond donors (Lipinski definition) is 0. The summed E-state index contributed by atoms with van der Waals surface area (Å²) < 4.78 is 17.1. The molecular formula is C25H24N2O4S. The minimum atomic E-state index is -0.0454. The molecule has 0 unspecified atom stereocenters. The second-order valence-electron chi connectivity index (χ2n) is 7.13. The Morgan fingerprint density at radius 2 is 1.53 bits per heavy atom. The van der Waals surface area contributed by atoms with Crippen molar-refractivity contribution < 1.29 is 19.0 Å². The molecule has 164 valence electrons. The van der Waals surface area contributed by atoms with Crippen LogP contribution in [0, 0.1) is 0 Å². The van der Waals surface area contributed by atoms with Gasteiger partial charge >= 0.3 is 0 Å². The number of benzene rings is 3. The van der Waals surface area contributed by atoms with Gasteiger partial charge in [0.05, 0.1) is 34.3 Å². The molecule has 0 aliphatic heterocycles. The molecule has 4 aromatic rings. The number of amides is 1. The molecule has 3 aromatic carbocycles. The van der Waals surface area contributed by atoms with Crippen LogP contribution in [0.2, 0.25) is 0 Å². The van der Waals surface area contributed by atoms with Gasteiger partial charge in [-0.15, -0.1) is 0 Å². The van der Waals surface area contributed by atoms with Crippen molar-refractivity contribution in [1.29, 1.82) is 0 Å². The molecule has 1 amide bonds. The molecule has 7 heteroatoms. The Kier molecular flexibility index (Phi) is 6.56. The zero-order valence-electron chi connectivity index (χ0n) is 18.2. The summed E-state index contributed by atoms with van der Waals surface area (Å²) in [4.78, 5) is 20.0. The van der Waals surface area contributed by atoms with Crippen LogP contribution in [0.1, 0.15) is 11.1 Å². The van der Waals surface area contributed by atoms with Crippen LogP contribution in [-0.2, 0) is 17.8 Å². The molecule has 0 atom stereocenters. The van der Waals surface area contributed by atoms with Gasteiger partial charge in [-0.25, -0.2) is 4.98 Å². The zero-order valence-corrected chi connectivity index (χ0v) is 19.0. The first kappa shape index (κ1) is 21.6. The molecular weight excluding hydrogens is 424 g/mol. The van der Waals surface area contributed by atoms with Crippen molar-refractivity contribution in [1.82, 2.24) is 4.98 Å². The van der Waals surface area contributed by atoms with E-state index in [0.29, 0.717) is 28.7 Å². The van der Waals surface area contributed by atoms with Gasteiger partial charge in [0.25, 0.3) is 0 Å². The number of anilines is 1. The predicted molar refractivity (Wildman–Crippen MR) is 127 cm³/mol. The lowest BCUT2D eigenvalue weighted by molar-refractivity contribution is -0.118. The first-order valence-electron chi connectivity index (χ1n) is 10.1. The Balaban J connectivity index is 1.72. The van der Waals surface area contributed by atoms with Gasteiger partial charge in [-0.1, -0.05) is 53.8 Å². The smallest absolute Gasteiger partial charge is 0.233 e. The van der Waals surface area contributed by atoms with E-state index in [1.54, 1.807) is 26.2 Å². The van der Waals surface area contributed by atoms with E-state index in [2.05, 4.69) is 0 Å². The van der Waals surface area contributed by atoms with Crippen molar-refractivity contribution in [2.24, 2.45) is 0 Å². The van der Waals surface area contributed by atoms with E-state index in [1.807, 2.05) is 66.7 Å². The largest absolute Gasteiger partial charge is 0.497 e. The molecule has 0 spiro atoms. The van der Waals surface area contributed by atoms with Crippen LogP contribution in [0.15, 0.2) is 66.7 Å². The molecule has 0 bridgehead atoms. The van der Waals surface area contributed by atoms with Crippen molar-refractivity contribution in [2.45, 2.75) is 13.0 Å². The number of fused-ring (bicyclic) bond motifs is 1. The fourth-order valence-electron chi connectivity index (χ4n) is 3.43. The quantitative estimate of drug-likeness (QED) is 0.375. The summed E-state index contributed by atoms with van der Waals surface area (Å²) in [5.74, 6) is 2.06. The van der Waals surface area contributed by atoms with Crippen molar-refractivity contribution in [2.75, 3.05) is 26.2 Å². The molecule has 0 aliphatic rings. The average molecular weight is 449 g/mol. The van der Waals surface area contributed by atoms with Gasteiger partial charge in [0.15, 0.2) is 5.13 Å². The lowest BCUT2D eigenvalue weighted by atomic mass is 10.1. The number of ether oxygens (including phenoxy) is 3. The van der Waals surface area contributed by atoms with Crippen LogP contribution in [0.4, 0.5) is 5.13 Å². The van der Waals surface area contributed by atoms with E-state index < -0.39 is 0 Å². The van der Waals surface area contributed by atoms with E-state index in [0.717, 1.165) is 21.6 Å². The van der Waals surface area contributed by atoms with Crippen LogP contribution in [0.25, 0.3) is 10.2 Å². The lowest BCUT2D eigenvalue weighted by Crippen LogP contribution is -2.31. The second kappa shape index (κ2) is 9.70. The number of carbonyl (C=O) groups excluding carboxylic acids is 1. The van der Waals surface area contributed by atoms with Crippen molar-refractivity contribution >= 4 is 32.6 Å². The molecule has 32 heavy (non-hydrogen) atoms. The monoisotopic (exact) mass is 448 g/mol. The summed E-state index contributed by atoms with van der Waals surface area (Å²) in [5.41, 5.74) is 2.61. The maximum Gasteiger partial charge on any atom is 0.233 e. The van der Waals surface area contributed by atoms with Gasteiger partial charge in [0.1, 0.15) is 27.5 Å². The van der Waals surface area contributed by atoms with E-state index in [-0.39, 0.29) is 12.3 Å². The molecule has 4 rings (SSSR count). The van der Waals surface area contributed by atoms with E-state index in [1.165, 1.54) is 11.3 Å². The maximum absolute atomic E-state index is 13.5. The third kappa shape index (κ3) is 4.53. The first-order valence-corrected chi connectivity index (χ1v) is 10.9. The Labute approximate surface area is 191 Å². The Hall–Kier alpha value is -3.58.